The Labute approximate surface area is 200 Å². The summed E-state index contributed by atoms with van der Waals surface area (Å²) in [7, 11) is -3.78. The van der Waals surface area contributed by atoms with Crippen LogP contribution in [0.3, 0.4) is 0 Å². The van der Waals surface area contributed by atoms with Gasteiger partial charge in [-0.2, -0.15) is 0 Å². The third-order valence-electron chi connectivity index (χ3n) is 5.44. The molecule has 0 fully saturated rings. The van der Waals surface area contributed by atoms with E-state index in [2.05, 4.69) is 15.4 Å². The van der Waals surface area contributed by atoms with E-state index in [9.17, 15) is 18.0 Å². The predicted octanol–water partition coefficient (Wildman–Crippen LogP) is 4.77. The summed E-state index contributed by atoms with van der Waals surface area (Å²) in [5, 5.41) is 5.63. The minimum atomic E-state index is -3.78. The van der Waals surface area contributed by atoms with Gasteiger partial charge < -0.3 is 10.6 Å². The molecule has 0 aliphatic rings. The zero-order valence-corrected chi connectivity index (χ0v) is 20.3. The van der Waals surface area contributed by atoms with Crippen LogP contribution in [0, 0.1) is 13.8 Å². The molecule has 2 amide bonds. The van der Waals surface area contributed by atoms with Gasteiger partial charge in [-0.15, -0.1) is 0 Å². The molecule has 3 aromatic rings. The van der Waals surface area contributed by atoms with Crippen molar-refractivity contribution in [2.24, 2.45) is 0 Å². The molecule has 0 aliphatic carbocycles. The highest BCUT2D eigenvalue weighted by atomic mass is 32.2. The average molecular weight is 480 g/mol. The number of nitrogens with one attached hydrogen (secondary N) is 3. The molecule has 0 unspecified atom stereocenters. The van der Waals surface area contributed by atoms with Crippen molar-refractivity contribution in [2.75, 3.05) is 10.0 Å². The second kappa shape index (κ2) is 11.0. The van der Waals surface area contributed by atoms with Crippen LogP contribution in [0.4, 0.5) is 11.4 Å². The largest absolute Gasteiger partial charge is 0.348 e. The van der Waals surface area contributed by atoms with E-state index in [1.54, 1.807) is 24.3 Å². The van der Waals surface area contributed by atoms with Crippen molar-refractivity contribution >= 4 is 33.2 Å². The first-order valence-electron chi connectivity index (χ1n) is 11.1. The summed E-state index contributed by atoms with van der Waals surface area (Å²) < 4.78 is 28.1. The highest BCUT2D eigenvalue weighted by Crippen LogP contribution is 2.22. The lowest BCUT2D eigenvalue weighted by molar-refractivity contribution is -0.116. The number of carbonyl (C=O) groups excluding carboxylic acids is 2. The van der Waals surface area contributed by atoms with Gasteiger partial charge in [0.15, 0.2) is 0 Å². The maximum Gasteiger partial charge on any atom is 0.261 e. The maximum absolute atomic E-state index is 12.7. The van der Waals surface area contributed by atoms with Crippen LogP contribution in [0.1, 0.15) is 46.8 Å². The highest BCUT2D eigenvalue weighted by Gasteiger charge is 2.16. The van der Waals surface area contributed by atoms with Crippen molar-refractivity contribution in [2.45, 2.75) is 45.1 Å². The summed E-state index contributed by atoms with van der Waals surface area (Å²) in [6, 6.07) is 18.5. The van der Waals surface area contributed by atoms with Gasteiger partial charge in [0.25, 0.3) is 15.9 Å². The minimum Gasteiger partial charge on any atom is -0.348 e. The molecular formula is C26H29N3O4S. The SMILES string of the molecule is CCCC(=O)Nc1ccc(CNC(=O)c2ccc(S(=O)(=O)Nc3cccc(C)c3C)cc2)cc1. The van der Waals surface area contributed by atoms with Gasteiger partial charge in [-0.05, 0) is 79.4 Å². The Kier molecular flexibility index (Phi) is 8.07. The summed E-state index contributed by atoms with van der Waals surface area (Å²) in [4.78, 5) is 24.2. The van der Waals surface area contributed by atoms with Gasteiger partial charge in [-0.25, -0.2) is 8.42 Å². The van der Waals surface area contributed by atoms with Gasteiger partial charge in [0.05, 0.1) is 10.6 Å². The van der Waals surface area contributed by atoms with E-state index in [0.717, 1.165) is 23.1 Å². The molecule has 7 nitrogen and oxygen atoms in total. The molecule has 0 spiro atoms. The van der Waals surface area contributed by atoms with Crippen LogP contribution < -0.4 is 15.4 Å². The molecule has 0 bridgehead atoms. The zero-order valence-electron chi connectivity index (χ0n) is 19.5. The molecule has 0 heterocycles. The number of aryl methyl sites for hydroxylation is 1. The van der Waals surface area contributed by atoms with Gasteiger partial charge in [0.1, 0.15) is 0 Å². The number of sulfonamides is 1. The lowest BCUT2D eigenvalue weighted by Crippen LogP contribution is -2.23. The molecule has 0 atom stereocenters. The van der Waals surface area contributed by atoms with E-state index >= 15 is 0 Å². The van der Waals surface area contributed by atoms with E-state index in [-0.39, 0.29) is 16.7 Å². The second-order valence-corrected chi connectivity index (χ2v) is 9.74. The third-order valence-corrected chi connectivity index (χ3v) is 6.82. The van der Waals surface area contributed by atoms with Crippen LogP contribution in [-0.2, 0) is 21.4 Å². The molecule has 0 radical (unpaired) electrons. The second-order valence-electron chi connectivity index (χ2n) is 8.06. The summed E-state index contributed by atoms with van der Waals surface area (Å²) >= 11 is 0. The molecule has 0 aliphatic heterocycles. The number of anilines is 2. The van der Waals surface area contributed by atoms with E-state index in [1.807, 2.05) is 39.0 Å². The number of hydrogen-bond donors (Lipinski definition) is 3. The standard InChI is InChI=1S/C26H29N3O4S/c1-4-6-25(30)28-22-13-9-20(10-14-22)17-27-26(31)21-11-15-23(16-12-21)34(32,33)29-24-8-5-7-18(2)19(24)3/h5,7-16,29H,4,6,17H2,1-3H3,(H,27,31)(H,28,30). The Morgan fingerprint density at radius 3 is 2.21 bits per heavy atom. The Bertz CT molecular complexity index is 1270. The Balaban J connectivity index is 1.59. The first-order valence-corrected chi connectivity index (χ1v) is 12.5. The van der Waals surface area contributed by atoms with Crippen LogP contribution in [0.2, 0.25) is 0 Å². The minimum absolute atomic E-state index is 0.0294. The quantitative estimate of drug-likeness (QED) is 0.411. The first-order chi connectivity index (χ1) is 16.2. The Morgan fingerprint density at radius 1 is 0.882 bits per heavy atom. The molecule has 34 heavy (non-hydrogen) atoms. The fourth-order valence-electron chi connectivity index (χ4n) is 3.29. The fourth-order valence-corrected chi connectivity index (χ4v) is 4.41. The number of amides is 2. The van der Waals surface area contributed by atoms with Crippen LogP contribution >= 0.6 is 0 Å². The van der Waals surface area contributed by atoms with Crippen molar-refractivity contribution < 1.29 is 18.0 Å². The van der Waals surface area contributed by atoms with Crippen LogP contribution in [0.25, 0.3) is 0 Å². The fraction of sp³-hybridized carbons (Fsp3) is 0.231. The zero-order chi connectivity index (χ0) is 24.7. The molecule has 0 saturated carbocycles. The molecule has 0 aromatic heterocycles. The lowest BCUT2D eigenvalue weighted by atomic mass is 10.1. The number of hydrogen-bond acceptors (Lipinski definition) is 4. The third kappa shape index (κ3) is 6.45. The molecule has 3 rings (SSSR count). The number of benzene rings is 3. The van der Waals surface area contributed by atoms with Gasteiger partial charge in [0, 0.05) is 24.2 Å². The van der Waals surface area contributed by atoms with Crippen molar-refractivity contribution in [1.29, 1.82) is 0 Å². The summed E-state index contributed by atoms with van der Waals surface area (Å²) in [6.07, 6.45) is 1.26. The predicted molar refractivity (Wildman–Crippen MR) is 134 cm³/mol. The molecule has 3 N–H and O–H groups in total. The monoisotopic (exact) mass is 479 g/mol. The van der Waals surface area contributed by atoms with E-state index in [1.165, 1.54) is 24.3 Å². The van der Waals surface area contributed by atoms with Gasteiger partial charge in [0.2, 0.25) is 5.91 Å². The van der Waals surface area contributed by atoms with Gasteiger partial charge in [-0.3, -0.25) is 14.3 Å². The molecule has 178 valence electrons. The Hall–Kier alpha value is -3.65. The van der Waals surface area contributed by atoms with Crippen molar-refractivity contribution in [3.8, 4) is 0 Å². The van der Waals surface area contributed by atoms with Crippen LogP contribution in [0.5, 0.6) is 0 Å². The summed E-state index contributed by atoms with van der Waals surface area (Å²) in [6.45, 7) is 6.02. The smallest absolute Gasteiger partial charge is 0.261 e. The molecular weight excluding hydrogens is 450 g/mol. The van der Waals surface area contributed by atoms with Crippen LogP contribution in [0.15, 0.2) is 71.6 Å². The average Bonchev–Trinajstić information content (AvgIpc) is 2.81. The summed E-state index contributed by atoms with van der Waals surface area (Å²) in [5.41, 5.74) is 4.31. The highest BCUT2D eigenvalue weighted by molar-refractivity contribution is 7.92. The van der Waals surface area contributed by atoms with E-state index < -0.39 is 10.0 Å². The van der Waals surface area contributed by atoms with Crippen molar-refractivity contribution in [1.82, 2.24) is 5.32 Å². The first kappa shape index (κ1) is 25.0. The van der Waals surface area contributed by atoms with E-state index in [0.29, 0.717) is 29.9 Å². The number of rotatable bonds is 9. The molecule has 0 saturated heterocycles. The number of carbonyl (C=O) groups is 2. The van der Waals surface area contributed by atoms with Crippen LogP contribution in [-0.4, -0.2) is 20.2 Å². The van der Waals surface area contributed by atoms with Crippen molar-refractivity contribution in [3.05, 3.63) is 89.0 Å². The molecule has 8 heteroatoms. The van der Waals surface area contributed by atoms with Gasteiger partial charge in [-0.1, -0.05) is 31.2 Å². The topological polar surface area (TPSA) is 104 Å². The molecule has 3 aromatic carbocycles. The summed E-state index contributed by atoms with van der Waals surface area (Å²) in [5.74, 6) is -0.343. The van der Waals surface area contributed by atoms with Gasteiger partial charge >= 0.3 is 0 Å². The van der Waals surface area contributed by atoms with E-state index in [4.69, 9.17) is 0 Å². The normalized spacial score (nSPS) is 11.0. The Morgan fingerprint density at radius 2 is 1.56 bits per heavy atom. The lowest BCUT2D eigenvalue weighted by Gasteiger charge is -2.12. The maximum atomic E-state index is 12.7. The van der Waals surface area contributed by atoms with Crippen molar-refractivity contribution in [3.63, 3.8) is 0 Å².